The Morgan fingerprint density at radius 1 is 0.846 bits per heavy atom. The maximum atomic E-state index is 4.64. The van der Waals surface area contributed by atoms with Crippen molar-refractivity contribution in [3.05, 3.63) is 85.0 Å². The van der Waals surface area contributed by atoms with E-state index in [4.69, 9.17) is 0 Å². The van der Waals surface area contributed by atoms with Crippen molar-refractivity contribution in [3.8, 4) is 22.4 Å². The van der Waals surface area contributed by atoms with Crippen molar-refractivity contribution < 1.29 is 0 Å². The summed E-state index contributed by atoms with van der Waals surface area (Å²) in [6.07, 6.45) is 11.8. The zero-order valence-corrected chi connectivity index (χ0v) is 14.5. The van der Waals surface area contributed by atoms with Crippen molar-refractivity contribution in [2.45, 2.75) is 19.3 Å². The highest BCUT2D eigenvalue weighted by atomic mass is 15.0. The van der Waals surface area contributed by atoms with Gasteiger partial charge in [0.1, 0.15) is 5.65 Å². The van der Waals surface area contributed by atoms with Gasteiger partial charge in [-0.1, -0.05) is 36.4 Å². The molecule has 3 heterocycles. The van der Waals surface area contributed by atoms with E-state index in [9.17, 15) is 0 Å². The van der Waals surface area contributed by atoms with Crippen molar-refractivity contribution in [2.75, 3.05) is 0 Å². The number of hydrogen-bond acceptors (Lipinski definition) is 2. The van der Waals surface area contributed by atoms with E-state index < -0.39 is 0 Å². The lowest BCUT2D eigenvalue weighted by Crippen LogP contribution is -1.92. The van der Waals surface area contributed by atoms with Gasteiger partial charge in [-0.15, -0.1) is 0 Å². The highest BCUT2D eigenvalue weighted by molar-refractivity contribution is 5.73. The van der Waals surface area contributed by atoms with Gasteiger partial charge in [-0.2, -0.15) is 0 Å². The summed E-state index contributed by atoms with van der Waals surface area (Å²) < 4.78 is 2.15. The lowest BCUT2D eigenvalue weighted by atomic mass is 10.1. The summed E-state index contributed by atoms with van der Waals surface area (Å²) >= 11 is 0. The fourth-order valence-electron chi connectivity index (χ4n) is 3.67. The van der Waals surface area contributed by atoms with E-state index in [1.54, 1.807) is 0 Å². The Kier molecular flexibility index (Phi) is 3.64. The molecule has 0 N–H and O–H groups in total. The number of aromatic nitrogens is 3. The standard InChI is InChI=1S/C23H19N3/c1-2-6-17(7-3-1)19-11-13-26-22(16-25-23(26)15-19)20-10-12-24-21(14-20)18-8-4-5-9-18/h1-3,6-8,10-16H,4-5,9H2. The first kappa shape index (κ1) is 15.1. The van der Waals surface area contributed by atoms with Gasteiger partial charge in [0.15, 0.2) is 0 Å². The zero-order chi connectivity index (χ0) is 17.3. The minimum absolute atomic E-state index is 0.958. The lowest BCUT2D eigenvalue weighted by Gasteiger charge is -2.07. The fourth-order valence-corrected chi connectivity index (χ4v) is 3.67. The largest absolute Gasteiger partial charge is 0.300 e. The quantitative estimate of drug-likeness (QED) is 0.485. The molecular formula is C23H19N3. The third-order valence-electron chi connectivity index (χ3n) is 5.05. The van der Waals surface area contributed by atoms with E-state index in [0.717, 1.165) is 29.0 Å². The van der Waals surface area contributed by atoms with Crippen molar-refractivity contribution in [3.63, 3.8) is 0 Å². The summed E-state index contributed by atoms with van der Waals surface area (Å²) in [6.45, 7) is 0. The van der Waals surface area contributed by atoms with Crippen LogP contribution in [0, 0.1) is 0 Å². The number of benzene rings is 1. The number of nitrogens with zero attached hydrogens (tertiary/aromatic N) is 3. The van der Waals surface area contributed by atoms with Crippen molar-refractivity contribution in [1.29, 1.82) is 0 Å². The normalized spacial score (nSPS) is 13.9. The Hall–Kier alpha value is -3.20. The second kappa shape index (κ2) is 6.26. The SMILES string of the molecule is C1=C(c2cc(-c3cnc4cc(-c5ccccc5)ccn34)ccn2)CCC1. The summed E-state index contributed by atoms with van der Waals surface area (Å²) in [7, 11) is 0. The maximum absolute atomic E-state index is 4.64. The van der Waals surface area contributed by atoms with Gasteiger partial charge in [0.25, 0.3) is 0 Å². The number of allylic oxidation sites excluding steroid dienone is 2. The van der Waals surface area contributed by atoms with Gasteiger partial charge in [-0.05, 0) is 60.2 Å². The van der Waals surface area contributed by atoms with Crippen LogP contribution in [0.4, 0.5) is 0 Å². The predicted molar refractivity (Wildman–Crippen MR) is 106 cm³/mol. The molecule has 0 bridgehead atoms. The molecule has 0 fully saturated rings. The smallest absolute Gasteiger partial charge is 0.137 e. The molecule has 126 valence electrons. The van der Waals surface area contributed by atoms with Crippen molar-refractivity contribution >= 4 is 11.2 Å². The van der Waals surface area contributed by atoms with Crippen molar-refractivity contribution in [1.82, 2.24) is 14.4 Å². The van der Waals surface area contributed by atoms with Crippen LogP contribution in [0.2, 0.25) is 0 Å². The predicted octanol–water partition coefficient (Wildman–Crippen LogP) is 5.63. The average molecular weight is 337 g/mol. The molecule has 0 saturated carbocycles. The second-order valence-corrected chi connectivity index (χ2v) is 6.70. The van der Waals surface area contributed by atoms with E-state index in [1.807, 2.05) is 18.5 Å². The van der Waals surface area contributed by atoms with Crippen LogP contribution < -0.4 is 0 Å². The van der Waals surface area contributed by atoms with Crippen LogP contribution in [0.25, 0.3) is 33.6 Å². The monoisotopic (exact) mass is 337 g/mol. The Labute approximate surface area is 152 Å². The Morgan fingerprint density at radius 2 is 1.77 bits per heavy atom. The zero-order valence-electron chi connectivity index (χ0n) is 14.5. The first-order valence-electron chi connectivity index (χ1n) is 9.07. The van der Waals surface area contributed by atoms with Gasteiger partial charge in [0, 0.05) is 18.0 Å². The molecule has 1 aliphatic rings. The molecule has 1 aliphatic carbocycles. The van der Waals surface area contributed by atoms with Crippen LogP contribution in [-0.2, 0) is 0 Å². The van der Waals surface area contributed by atoms with Gasteiger partial charge in [-0.25, -0.2) is 4.98 Å². The second-order valence-electron chi connectivity index (χ2n) is 6.70. The first-order chi connectivity index (χ1) is 12.9. The van der Waals surface area contributed by atoms with Gasteiger partial charge >= 0.3 is 0 Å². The molecule has 3 aromatic heterocycles. The highest BCUT2D eigenvalue weighted by Crippen LogP contribution is 2.30. The van der Waals surface area contributed by atoms with Gasteiger partial charge in [0.05, 0.1) is 17.6 Å². The summed E-state index contributed by atoms with van der Waals surface area (Å²) in [4.78, 5) is 9.20. The molecule has 0 spiro atoms. The summed E-state index contributed by atoms with van der Waals surface area (Å²) in [5.41, 5.74) is 8.06. The Bertz CT molecular complexity index is 1110. The number of pyridine rings is 2. The van der Waals surface area contributed by atoms with Gasteiger partial charge < -0.3 is 0 Å². The van der Waals surface area contributed by atoms with Gasteiger partial charge in [0.2, 0.25) is 0 Å². The summed E-state index contributed by atoms with van der Waals surface area (Å²) in [6, 6.07) is 18.9. The Balaban J connectivity index is 1.57. The first-order valence-corrected chi connectivity index (χ1v) is 9.07. The minimum Gasteiger partial charge on any atom is -0.300 e. The van der Waals surface area contributed by atoms with Crippen LogP contribution in [-0.4, -0.2) is 14.4 Å². The maximum Gasteiger partial charge on any atom is 0.137 e. The van der Waals surface area contributed by atoms with Crippen LogP contribution >= 0.6 is 0 Å². The molecule has 4 aromatic rings. The van der Waals surface area contributed by atoms with Crippen LogP contribution in [0.1, 0.15) is 25.0 Å². The number of rotatable bonds is 3. The molecule has 3 heteroatoms. The van der Waals surface area contributed by atoms with E-state index in [2.05, 4.69) is 75.2 Å². The van der Waals surface area contributed by atoms with E-state index in [-0.39, 0.29) is 0 Å². The molecule has 0 amide bonds. The molecule has 3 nitrogen and oxygen atoms in total. The van der Waals surface area contributed by atoms with E-state index >= 15 is 0 Å². The topological polar surface area (TPSA) is 30.2 Å². The molecular weight excluding hydrogens is 318 g/mol. The molecule has 0 radical (unpaired) electrons. The van der Waals surface area contributed by atoms with Crippen LogP contribution in [0.15, 0.2) is 79.3 Å². The molecule has 0 atom stereocenters. The fraction of sp³-hybridized carbons (Fsp3) is 0.130. The van der Waals surface area contributed by atoms with Crippen LogP contribution in [0.3, 0.4) is 0 Å². The Morgan fingerprint density at radius 3 is 2.62 bits per heavy atom. The third-order valence-corrected chi connectivity index (χ3v) is 5.05. The molecule has 0 saturated heterocycles. The number of imidazole rings is 1. The minimum atomic E-state index is 0.958. The van der Waals surface area contributed by atoms with Crippen LogP contribution in [0.5, 0.6) is 0 Å². The lowest BCUT2D eigenvalue weighted by molar-refractivity contribution is 0.933. The summed E-state index contributed by atoms with van der Waals surface area (Å²) in [5, 5.41) is 0. The highest BCUT2D eigenvalue weighted by Gasteiger charge is 2.12. The van der Waals surface area contributed by atoms with Crippen molar-refractivity contribution in [2.24, 2.45) is 0 Å². The van der Waals surface area contributed by atoms with E-state index in [0.29, 0.717) is 0 Å². The molecule has 0 aliphatic heterocycles. The summed E-state index contributed by atoms with van der Waals surface area (Å²) in [5.74, 6) is 0. The molecule has 5 rings (SSSR count). The molecule has 0 unspecified atom stereocenters. The average Bonchev–Trinajstić information content (AvgIpc) is 3.38. The third kappa shape index (κ3) is 2.62. The van der Waals surface area contributed by atoms with Gasteiger partial charge in [-0.3, -0.25) is 9.38 Å². The number of hydrogen-bond donors (Lipinski definition) is 0. The molecule has 1 aromatic carbocycles. The van der Waals surface area contributed by atoms with E-state index in [1.165, 1.54) is 29.5 Å². The number of fused-ring (bicyclic) bond motifs is 1. The molecule has 26 heavy (non-hydrogen) atoms.